The van der Waals surface area contributed by atoms with E-state index in [4.69, 9.17) is 0 Å². The summed E-state index contributed by atoms with van der Waals surface area (Å²) < 4.78 is 37.6. The van der Waals surface area contributed by atoms with Gasteiger partial charge in [0.25, 0.3) is 0 Å². The number of guanidine groups is 1. The van der Waals surface area contributed by atoms with Crippen LogP contribution in [0.25, 0.3) is 0 Å². The fourth-order valence-corrected chi connectivity index (χ4v) is 4.01. The molecule has 162 valence electrons. The van der Waals surface area contributed by atoms with Crippen molar-refractivity contribution in [2.45, 2.75) is 57.7 Å². The molecule has 1 aliphatic rings. The zero-order chi connectivity index (χ0) is 19.7. The van der Waals surface area contributed by atoms with Gasteiger partial charge in [0.05, 0.1) is 5.01 Å². The van der Waals surface area contributed by atoms with E-state index in [-0.39, 0.29) is 24.0 Å². The minimum absolute atomic E-state index is 0. The monoisotopic (exact) mass is 533 g/mol. The van der Waals surface area contributed by atoms with Crippen molar-refractivity contribution in [2.24, 2.45) is 4.99 Å². The van der Waals surface area contributed by atoms with Gasteiger partial charge in [-0.25, -0.2) is 4.98 Å². The smallest absolute Gasteiger partial charge is 0.356 e. The van der Waals surface area contributed by atoms with Crippen LogP contribution in [-0.2, 0) is 12.6 Å². The minimum Gasteiger partial charge on any atom is -0.356 e. The van der Waals surface area contributed by atoms with Crippen LogP contribution in [-0.4, -0.2) is 55.1 Å². The zero-order valence-electron chi connectivity index (χ0n) is 16.5. The highest BCUT2D eigenvalue weighted by atomic mass is 127. The molecule has 0 aliphatic carbocycles. The van der Waals surface area contributed by atoms with E-state index in [2.05, 4.69) is 32.4 Å². The number of nitrogens with one attached hydrogen (secondary N) is 2. The SMILES string of the molecule is CN=C(NCCCCN1CCCCC1C)NCCc1nc(C(F)(F)F)cs1.I. The summed E-state index contributed by atoms with van der Waals surface area (Å²) in [6, 6.07) is 0.699. The maximum absolute atomic E-state index is 12.5. The lowest BCUT2D eigenvalue weighted by atomic mass is 10.0. The largest absolute Gasteiger partial charge is 0.434 e. The molecule has 2 heterocycles. The van der Waals surface area contributed by atoms with Crippen molar-refractivity contribution in [1.82, 2.24) is 20.5 Å². The molecule has 1 aliphatic heterocycles. The molecule has 0 radical (unpaired) electrons. The van der Waals surface area contributed by atoms with Gasteiger partial charge >= 0.3 is 6.18 Å². The Labute approximate surface area is 186 Å². The number of rotatable bonds is 8. The van der Waals surface area contributed by atoms with E-state index < -0.39 is 11.9 Å². The summed E-state index contributed by atoms with van der Waals surface area (Å²) in [6.07, 6.45) is 2.24. The van der Waals surface area contributed by atoms with Gasteiger partial charge in [-0.05, 0) is 45.7 Å². The number of aliphatic imine (C=N–C) groups is 1. The highest BCUT2D eigenvalue weighted by molar-refractivity contribution is 14.0. The lowest BCUT2D eigenvalue weighted by Crippen LogP contribution is -2.40. The van der Waals surface area contributed by atoms with E-state index in [1.165, 1.54) is 25.8 Å². The predicted molar refractivity (Wildman–Crippen MR) is 120 cm³/mol. The Morgan fingerprint density at radius 3 is 2.68 bits per heavy atom. The Bertz CT molecular complexity index is 594. The number of likely N-dealkylation sites (tertiary alicyclic amines) is 1. The first kappa shape index (κ1) is 25.4. The first-order valence-corrected chi connectivity index (χ1v) is 10.5. The van der Waals surface area contributed by atoms with E-state index in [9.17, 15) is 13.2 Å². The Morgan fingerprint density at radius 2 is 2.04 bits per heavy atom. The van der Waals surface area contributed by atoms with Crippen LogP contribution < -0.4 is 10.6 Å². The molecule has 2 N–H and O–H groups in total. The van der Waals surface area contributed by atoms with Crippen LogP contribution in [0.3, 0.4) is 0 Å². The normalized spacial score (nSPS) is 18.6. The molecule has 0 bridgehead atoms. The van der Waals surface area contributed by atoms with E-state index in [1.807, 2.05) is 0 Å². The topological polar surface area (TPSA) is 52.6 Å². The summed E-state index contributed by atoms with van der Waals surface area (Å²) in [5.74, 6) is 0.675. The molecule has 1 saturated heterocycles. The maximum atomic E-state index is 12.5. The van der Waals surface area contributed by atoms with Gasteiger partial charge in [-0.3, -0.25) is 4.99 Å². The summed E-state index contributed by atoms with van der Waals surface area (Å²) in [6.45, 7) is 5.99. The van der Waals surface area contributed by atoms with Gasteiger partial charge in [0.15, 0.2) is 11.7 Å². The fourth-order valence-electron chi connectivity index (χ4n) is 3.20. The number of nitrogens with zero attached hydrogens (tertiary/aromatic N) is 3. The molecule has 2 rings (SSSR count). The van der Waals surface area contributed by atoms with Crippen LogP contribution >= 0.6 is 35.3 Å². The molecule has 0 amide bonds. The van der Waals surface area contributed by atoms with Crippen LogP contribution in [0.15, 0.2) is 10.4 Å². The van der Waals surface area contributed by atoms with Crippen molar-refractivity contribution < 1.29 is 13.2 Å². The molecule has 1 unspecified atom stereocenters. The Morgan fingerprint density at radius 1 is 1.29 bits per heavy atom. The average Bonchev–Trinajstić information content (AvgIpc) is 3.10. The van der Waals surface area contributed by atoms with Crippen LogP contribution in [0, 0.1) is 0 Å². The molecule has 0 aromatic carbocycles. The Kier molecular flexibility index (Phi) is 11.7. The summed E-state index contributed by atoms with van der Waals surface area (Å²) in [7, 11) is 1.69. The van der Waals surface area contributed by atoms with Gasteiger partial charge in [0.2, 0.25) is 0 Å². The third kappa shape index (κ3) is 8.81. The molecular formula is C18H31F3IN5S. The second-order valence-electron chi connectivity index (χ2n) is 6.89. The van der Waals surface area contributed by atoms with Crippen LogP contribution in [0.4, 0.5) is 13.2 Å². The molecule has 28 heavy (non-hydrogen) atoms. The fraction of sp³-hybridized carbons (Fsp3) is 0.778. The lowest BCUT2D eigenvalue weighted by molar-refractivity contribution is -0.140. The van der Waals surface area contributed by atoms with Gasteiger partial charge in [-0.15, -0.1) is 35.3 Å². The number of unbranched alkanes of at least 4 members (excludes halogenated alkanes) is 1. The van der Waals surface area contributed by atoms with E-state index >= 15 is 0 Å². The molecule has 10 heteroatoms. The summed E-state index contributed by atoms with van der Waals surface area (Å²) >= 11 is 1.04. The number of hydrogen-bond donors (Lipinski definition) is 2. The van der Waals surface area contributed by atoms with Crippen molar-refractivity contribution in [3.8, 4) is 0 Å². The number of aromatic nitrogens is 1. The summed E-state index contributed by atoms with van der Waals surface area (Å²) in [5.41, 5.74) is -0.812. The third-order valence-electron chi connectivity index (χ3n) is 4.80. The standard InChI is InChI=1S/C18H30F3N5S.HI/c1-14-7-3-5-11-26(14)12-6-4-9-23-17(22-2)24-10-8-16-25-15(13-27-16)18(19,20)21;/h13-14H,3-12H2,1-2H3,(H2,22,23,24);1H. The highest BCUT2D eigenvalue weighted by Gasteiger charge is 2.33. The average molecular weight is 533 g/mol. The zero-order valence-corrected chi connectivity index (χ0v) is 19.7. The van der Waals surface area contributed by atoms with Crippen LogP contribution in [0.1, 0.15) is 49.7 Å². The molecule has 1 aromatic heterocycles. The molecule has 0 spiro atoms. The van der Waals surface area contributed by atoms with Crippen molar-refractivity contribution in [1.29, 1.82) is 0 Å². The summed E-state index contributed by atoms with van der Waals surface area (Å²) in [5, 5.41) is 7.92. The van der Waals surface area contributed by atoms with E-state index in [0.717, 1.165) is 42.6 Å². The van der Waals surface area contributed by atoms with E-state index in [1.54, 1.807) is 7.05 Å². The minimum atomic E-state index is -4.37. The van der Waals surface area contributed by atoms with Gasteiger partial charge in [0, 0.05) is 38.0 Å². The number of hydrogen-bond acceptors (Lipinski definition) is 4. The highest BCUT2D eigenvalue weighted by Crippen LogP contribution is 2.30. The Balaban J connectivity index is 0.00000392. The lowest BCUT2D eigenvalue weighted by Gasteiger charge is -2.33. The van der Waals surface area contributed by atoms with Crippen LogP contribution in [0.2, 0.25) is 0 Å². The van der Waals surface area contributed by atoms with Crippen molar-refractivity contribution in [2.75, 3.05) is 33.2 Å². The number of thiazole rings is 1. The molecule has 0 saturated carbocycles. The van der Waals surface area contributed by atoms with E-state index in [0.29, 0.717) is 30.0 Å². The molecule has 1 atom stereocenters. The second-order valence-corrected chi connectivity index (χ2v) is 7.83. The number of halogens is 4. The van der Waals surface area contributed by atoms with Crippen molar-refractivity contribution >= 4 is 41.3 Å². The molecule has 1 fully saturated rings. The predicted octanol–water partition coefficient (Wildman–Crippen LogP) is 4.14. The molecular weight excluding hydrogens is 502 g/mol. The summed E-state index contributed by atoms with van der Waals surface area (Å²) in [4.78, 5) is 10.3. The number of alkyl halides is 3. The second kappa shape index (κ2) is 12.8. The number of piperidine rings is 1. The van der Waals surface area contributed by atoms with Gasteiger partial charge in [-0.2, -0.15) is 13.2 Å². The molecule has 1 aromatic rings. The first-order valence-electron chi connectivity index (χ1n) is 9.60. The van der Waals surface area contributed by atoms with Gasteiger partial charge in [0.1, 0.15) is 0 Å². The maximum Gasteiger partial charge on any atom is 0.434 e. The van der Waals surface area contributed by atoms with Crippen LogP contribution in [0.5, 0.6) is 0 Å². The Hall–Kier alpha value is -0.620. The molecule has 5 nitrogen and oxygen atoms in total. The van der Waals surface area contributed by atoms with Crippen molar-refractivity contribution in [3.63, 3.8) is 0 Å². The third-order valence-corrected chi connectivity index (χ3v) is 5.71. The quantitative estimate of drug-likeness (QED) is 0.228. The first-order chi connectivity index (χ1) is 12.9. The van der Waals surface area contributed by atoms with Crippen molar-refractivity contribution in [3.05, 3.63) is 16.1 Å². The van der Waals surface area contributed by atoms with Gasteiger partial charge in [-0.1, -0.05) is 6.42 Å². The van der Waals surface area contributed by atoms with Gasteiger partial charge < -0.3 is 15.5 Å².